The number of hydrogen-bond acceptors (Lipinski definition) is 9. The van der Waals surface area contributed by atoms with Crippen molar-refractivity contribution in [2.75, 3.05) is 14.1 Å². The molecular weight excluding hydrogens is 484 g/mol. The molecule has 4 atom stereocenters. The molecule has 1 saturated carbocycles. The Morgan fingerprint density at radius 1 is 1.17 bits per heavy atom. The van der Waals surface area contributed by atoms with Crippen LogP contribution in [0.5, 0.6) is 5.75 Å². The molecule has 10 heteroatoms. The average molecular weight is 511 g/mol. The number of phenolic OH excluding ortho intramolecular Hbond substituents is 1. The topological polar surface area (TPSA) is 161 Å². The minimum absolute atomic E-state index is 0.0598. The molecule has 3 aliphatic carbocycles. The van der Waals surface area contributed by atoms with Gasteiger partial charge in [0.15, 0.2) is 11.4 Å². The first-order valence-corrected chi connectivity index (χ1v) is 12.3. The van der Waals surface area contributed by atoms with E-state index >= 15 is 0 Å². The van der Waals surface area contributed by atoms with E-state index < -0.39 is 58.0 Å². The number of ketones is 2. The summed E-state index contributed by atoms with van der Waals surface area (Å²) in [7, 11) is 3.15. The molecule has 1 heterocycles. The second-order valence-electron chi connectivity index (χ2n) is 9.88. The number of nitrogens with zero attached hydrogens (tertiary/aromatic N) is 1. The number of amides is 1. The summed E-state index contributed by atoms with van der Waals surface area (Å²) in [5.74, 6) is -6.55. The van der Waals surface area contributed by atoms with Crippen molar-refractivity contribution < 1.29 is 34.8 Å². The molecule has 0 saturated heterocycles. The van der Waals surface area contributed by atoms with Gasteiger partial charge in [-0.05, 0) is 80.0 Å². The molecule has 1 amide bonds. The number of nitrogens with two attached hydrogens (primary N) is 1. The Morgan fingerprint density at radius 2 is 1.86 bits per heavy atom. The average Bonchev–Trinajstić information content (AvgIpc) is 3.21. The first kappa shape index (κ1) is 24.2. The van der Waals surface area contributed by atoms with E-state index in [1.165, 1.54) is 22.3 Å². The lowest BCUT2D eigenvalue weighted by Crippen LogP contribution is -2.65. The zero-order valence-corrected chi connectivity index (χ0v) is 20.7. The highest BCUT2D eigenvalue weighted by Crippen LogP contribution is 2.54. The summed E-state index contributed by atoms with van der Waals surface area (Å²) < 4.78 is 0. The number of likely N-dealkylation sites (N-methyl/N-ethyl adjacent to an activating group) is 1. The maximum Gasteiger partial charge on any atom is 0.255 e. The largest absolute Gasteiger partial charge is 0.508 e. The highest BCUT2D eigenvalue weighted by molar-refractivity contribution is 7.13. The van der Waals surface area contributed by atoms with Crippen LogP contribution in [0.15, 0.2) is 40.5 Å². The quantitative estimate of drug-likeness (QED) is 0.392. The molecule has 0 unspecified atom stereocenters. The van der Waals surface area contributed by atoms with Crippen molar-refractivity contribution in [2.45, 2.75) is 31.4 Å². The van der Waals surface area contributed by atoms with Gasteiger partial charge in [0.05, 0.1) is 11.6 Å². The van der Waals surface area contributed by atoms with Crippen LogP contribution in [0.25, 0.3) is 16.2 Å². The van der Waals surface area contributed by atoms with E-state index in [2.05, 4.69) is 0 Å². The van der Waals surface area contributed by atoms with Crippen molar-refractivity contribution in [1.82, 2.24) is 4.90 Å². The van der Waals surface area contributed by atoms with Crippen LogP contribution in [0.1, 0.15) is 23.1 Å². The number of carbonyl (C=O) groups excluding carboxylic acids is 3. The van der Waals surface area contributed by atoms with Gasteiger partial charge < -0.3 is 26.2 Å². The van der Waals surface area contributed by atoms with Crippen LogP contribution >= 0.6 is 11.3 Å². The number of benzene rings is 1. The molecule has 2 aromatic rings. The second kappa shape index (κ2) is 8.02. The highest BCUT2D eigenvalue weighted by Gasteiger charge is 2.64. The van der Waals surface area contributed by atoms with Crippen LogP contribution in [0.4, 0.5) is 0 Å². The first-order chi connectivity index (χ1) is 16.9. The lowest BCUT2D eigenvalue weighted by Gasteiger charge is -2.50. The van der Waals surface area contributed by atoms with Crippen LogP contribution in [0.3, 0.4) is 0 Å². The van der Waals surface area contributed by atoms with Crippen LogP contribution in [-0.2, 0) is 20.8 Å². The van der Waals surface area contributed by atoms with Crippen molar-refractivity contribution in [3.05, 3.63) is 57.2 Å². The van der Waals surface area contributed by atoms with Crippen LogP contribution in [0.2, 0.25) is 0 Å². The Balaban J connectivity index is 1.76. The Kier molecular flexibility index (Phi) is 5.40. The number of rotatable bonds is 3. The summed E-state index contributed by atoms with van der Waals surface area (Å²) in [5, 5.41) is 46.5. The number of aromatic hydroxyl groups is 1. The fraction of sp³-hybridized carbons (Fsp3) is 0.346. The molecule has 9 nitrogen and oxygen atoms in total. The van der Waals surface area contributed by atoms with E-state index in [-0.39, 0.29) is 29.7 Å². The zero-order valence-electron chi connectivity index (χ0n) is 19.9. The number of aliphatic hydroxyl groups excluding tert-OH is 2. The first-order valence-electron chi connectivity index (χ1n) is 11.4. The standard InChI is InChI=1S/C26H26N2O7S/c1-10-6-7-36-22(10)12-4-5-15(29)17-13(12)8-11-9-14-19(28(2)3)21(31)18(25(27)34)24(33)26(14,35)23(32)16(11)20(17)30/h4-7,11,14,19,29-30,33,35H,8-9H2,1-3H3,(H2,27,34)/t11-,14-,19-,26-/m0/s1. The van der Waals surface area contributed by atoms with E-state index in [4.69, 9.17) is 5.73 Å². The minimum atomic E-state index is -2.64. The summed E-state index contributed by atoms with van der Waals surface area (Å²) in [6.45, 7) is 1.96. The van der Waals surface area contributed by atoms with Crippen molar-refractivity contribution >= 4 is 34.6 Å². The molecule has 1 aromatic carbocycles. The van der Waals surface area contributed by atoms with Gasteiger partial charge in [-0.25, -0.2) is 0 Å². The minimum Gasteiger partial charge on any atom is -0.508 e. The van der Waals surface area contributed by atoms with Crippen LogP contribution < -0.4 is 5.73 Å². The van der Waals surface area contributed by atoms with Gasteiger partial charge in [0, 0.05) is 16.4 Å². The van der Waals surface area contributed by atoms with Crippen molar-refractivity contribution in [3.8, 4) is 16.2 Å². The Labute approximate surface area is 210 Å². The molecular formula is C26H26N2O7S. The van der Waals surface area contributed by atoms with Crippen molar-refractivity contribution in [3.63, 3.8) is 0 Å². The van der Waals surface area contributed by atoms with E-state index in [0.717, 1.165) is 16.0 Å². The molecule has 1 aromatic heterocycles. The molecule has 0 bridgehead atoms. The highest BCUT2D eigenvalue weighted by atomic mass is 32.1. The predicted octanol–water partition coefficient (Wildman–Crippen LogP) is 2.00. The zero-order chi connectivity index (χ0) is 26.3. The molecule has 0 aliphatic heterocycles. The van der Waals surface area contributed by atoms with E-state index in [0.29, 0.717) is 5.56 Å². The second-order valence-corrected chi connectivity index (χ2v) is 10.8. The van der Waals surface area contributed by atoms with Gasteiger partial charge in [-0.15, -0.1) is 11.3 Å². The molecule has 188 valence electrons. The number of fused-ring (bicyclic) bond motifs is 3. The van der Waals surface area contributed by atoms with Gasteiger partial charge in [0.1, 0.15) is 22.8 Å². The fourth-order valence-corrected chi connectivity index (χ4v) is 7.09. The maximum absolute atomic E-state index is 13.8. The fourth-order valence-electron chi connectivity index (χ4n) is 6.11. The Morgan fingerprint density at radius 3 is 2.44 bits per heavy atom. The third kappa shape index (κ3) is 3.04. The lowest BCUT2D eigenvalue weighted by atomic mass is 9.57. The van der Waals surface area contributed by atoms with Gasteiger partial charge in [-0.1, -0.05) is 0 Å². The SMILES string of the molecule is Cc1ccsc1-c1ccc(O)c2c1C[C@H]1C[C@H]3[C@H](N(C)C)C(=O)C(C(N)=O)=C(O)[C@@]3(O)C(=O)C1=C2O. The summed E-state index contributed by atoms with van der Waals surface area (Å²) in [4.78, 5) is 41.5. The van der Waals surface area contributed by atoms with Crippen LogP contribution in [0, 0.1) is 18.8 Å². The van der Waals surface area contributed by atoms with E-state index in [1.54, 1.807) is 20.2 Å². The molecule has 36 heavy (non-hydrogen) atoms. The van der Waals surface area contributed by atoms with Gasteiger partial charge in [-0.3, -0.25) is 19.3 Å². The molecule has 3 aliphatic rings. The number of phenols is 1. The summed E-state index contributed by atoms with van der Waals surface area (Å²) in [6.07, 6.45) is 0.319. The number of aryl methyl sites for hydroxylation is 1. The van der Waals surface area contributed by atoms with E-state index in [9.17, 15) is 34.8 Å². The smallest absolute Gasteiger partial charge is 0.255 e. The number of carbonyl (C=O) groups is 3. The van der Waals surface area contributed by atoms with Gasteiger partial charge in [-0.2, -0.15) is 0 Å². The summed E-state index contributed by atoms with van der Waals surface area (Å²) in [5.41, 5.74) is 4.32. The number of aliphatic hydroxyl groups is 3. The Bertz CT molecular complexity index is 1420. The lowest BCUT2D eigenvalue weighted by molar-refractivity contribution is -0.153. The Hall–Kier alpha value is -3.47. The molecule has 1 fully saturated rings. The third-order valence-corrected chi connectivity index (χ3v) is 8.76. The molecule has 0 radical (unpaired) electrons. The number of Topliss-reactive ketones (excluding diaryl/α,β-unsaturated/α-hetero) is 2. The van der Waals surface area contributed by atoms with Gasteiger partial charge in [0.2, 0.25) is 5.78 Å². The number of primary amides is 1. The van der Waals surface area contributed by atoms with Crippen molar-refractivity contribution in [2.24, 2.45) is 17.6 Å². The summed E-state index contributed by atoms with van der Waals surface area (Å²) in [6, 6.07) is 4.07. The molecule has 0 spiro atoms. The van der Waals surface area contributed by atoms with Crippen molar-refractivity contribution in [1.29, 1.82) is 0 Å². The van der Waals surface area contributed by atoms with E-state index in [1.807, 2.05) is 18.4 Å². The molecule has 5 rings (SSSR count). The summed E-state index contributed by atoms with van der Waals surface area (Å²) >= 11 is 1.52. The van der Waals surface area contributed by atoms with Gasteiger partial charge in [0.25, 0.3) is 5.91 Å². The third-order valence-electron chi connectivity index (χ3n) is 7.71. The van der Waals surface area contributed by atoms with Crippen LogP contribution in [-0.4, -0.2) is 68.5 Å². The number of thiophene rings is 1. The predicted molar refractivity (Wildman–Crippen MR) is 132 cm³/mol. The monoisotopic (exact) mass is 510 g/mol. The maximum atomic E-state index is 13.8. The normalized spacial score (nSPS) is 27.8. The van der Waals surface area contributed by atoms with Gasteiger partial charge >= 0.3 is 0 Å². The number of hydrogen-bond donors (Lipinski definition) is 5. The molecule has 6 N–H and O–H groups in total.